The Labute approximate surface area is 125 Å². The Kier molecular flexibility index (Phi) is 3.37. The highest BCUT2D eigenvalue weighted by atomic mass is 35.5. The average Bonchev–Trinajstić information content (AvgIpc) is 2.87. The highest BCUT2D eigenvalue weighted by molar-refractivity contribution is 6.33. The number of H-pyrrole nitrogens is 1. The van der Waals surface area contributed by atoms with Crippen LogP contribution in [0.4, 0.5) is 11.5 Å². The first-order valence-corrected chi connectivity index (χ1v) is 6.57. The number of carbonyl (C=O) groups is 1. The summed E-state index contributed by atoms with van der Waals surface area (Å²) in [5.41, 5.74) is 13.0. The summed E-state index contributed by atoms with van der Waals surface area (Å²) in [5, 5.41) is 7.90. The maximum Gasteiger partial charge on any atom is 0.269 e. The van der Waals surface area contributed by atoms with Crippen LogP contribution in [0.5, 0.6) is 0 Å². The Balaban J connectivity index is 1.78. The van der Waals surface area contributed by atoms with Gasteiger partial charge in [0, 0.05) is 10.9 Å². The topological polar surface area (TPSA) is 95.8 Å². The third-order valence-electron chi connectivity index (χ3n) is 3.04. The zero-order valence-electron chi connectivity index (χ0n) is 10.9. The molecule has 0 aliphatic rings. The second kappa shape index (κ2) is 5.34. The first-order valence-electron chi connectivity index (χ1n) is 6.19. The fraction of sp³-hybridized carbons (Fsp3) is 0. The molecule has 5 N–H and O–H groups in total. The van der Waals surface area contributed by atoms with E-state index in [1.165, 1.54) is 0 Å². The second-order valence-electron chi connectivity index (χ2n) is 4.43. The summed E-state index contributed by atoms with van der Waals surface area (Å²) < 4.78 is 0. The number of hydrazine groups is 1. The summed E-state index contributed by atoms with van der Waals surface area (Å²) in [6, 6.07) is 12.2. The van der Waals surface area contributed by atoms with Crippen LogP contribution in [0.15, 0.2) is 42.5 Å². The van der Waals surface area contributed by atoms with Gasteiger partial charge in [0.15, 0.2) is 5.82 Å². The molecule has 21 heavy (non-hydrogen) atoms. The standard InChI is InChI=1S/C14H12ClN5O/c15-10-3-1-2-4-12(10)18-20-14(21)8-5-6-11-9(7-8)13(16)19-17-11/h1-7,18H,(H,20,21)(H3,16,17,19). The second-order valence-corrected chi connectivity index (χ2v) is 4.84. The molecule has 0 saturated heterocycles. The highest BCUT2D eigenvalue weighted by Gasteiger charge is 2.09. The van der Waals surface area contributed by atoms with Crippen LogP contribution < -0.4 is 16.6 Å². The van der Waals surface area contributed by atoms with Crippen LogP contribution >= 0.6 is 11.6 Å². The van der Waals surface area contributed by atoms with E-state index in [1.54, 1.807) is 30.3 Å². The molecule has 3 aromatic rings. The Morgan fingerprint density at radius 2 is 2.05 bits per heavy atom. The minimum atomic E-state index is -0.294. The van der Waals surface area contributed by atoms with Gasteiger partial charge in [0.05, 0.1) is 16.2 Å². The normalized spacial score (nSPS) is 10.5. The number of nitrogens with zero attached hydrogens (tertiary/aromatic N) is 1. The van der Waals surface area contributed by atoms with Crippen molar-refractivity contribution >= 4 is 39.9 Å². The first-order chi connectivity index (χ1) is 10.1. The van der Waals surface area contributed by atoms with E-state index in [2.05, 4.69) is 21.0 Å². The SMILES string of the molecule is Nc1n[nH]c2ccc(C(=O)NNc3ccccc3Cl)cc12. The Hall–Kier alpha value is -2.73. The number of para-hydroxylation sites is 1. The molecular formula is C14H12ClN5O. The van der Waals surface area contributed by atoms with Crippen molar-refractivity contribution in [1.82, 2.24) is 15.6 Å². The molecule has 7 heteroatoms. The summed E-state index contributed by atoms with van der Waals surface area (Å²) in [7, 11) is 0. The predicted octanol–water partition coefficient (Wildman–Crippen LogP) is 2.56. The number of benzene rings is 2. The Bertz CT molecular complexity index is 814. The van der Waals surface area contributed by atoms with E-state index in [0.29, 0.717) is 27.5 Å². The molecule has 1 amide bonds. The molecule has 0 atom stereocenters. The highest BCUT2D eigenvalue weighted by Crippen LogP contribution is 2.21. The van der Waals surface area contributed by atoms with Gasteiger partial charge in [-0.25, -0.2) is 0 Å². The maximum atomic E-state index is 12.1. The van der Waals surface area contributed by atoms with E-state index in [4.69, 9.17) is 17.3 Å². The lowest BCUT2D eigenvalue weighted by Crippen LogP contribution is -2.29. The number of aromatic amines is 1. The molecule has 0 unspecified atom stereocenters. The molecule has 0 aliphatic heterocycles. The molecule has 2 aromatic carbocycles. The fourth-order valence-electron chi connectivity index (χ4n) is 1.93. The molecule has 0 bridgehead atoms. The van der Waals surface area contributed by atoms with Gasteiger partial charge in [0.25, 0.3) is 5.91 Å². The largest absolute Gasteiger partial charge is 0.382 e. The number of carbonyl (C=O) groups excluding carboxylic acids is 1. The van der Waals surface area contributed by atoms with Crippen molar-refractivity contribution in [3.05, 3.63) is 53.1 Å². The number of rotatable bonds is 3. The average molecular weight is 302 g/mol. The zero-order chi connectivity index (χ0) is 14.8. The number of nitrogen functional groups attached to an aromatic ring is 1. The molecule has 0 fully saturated rings. The molecule has 1 aromatic heterocycles. The van der Waals surface area contributed by atoms with Crippen LogP contribution in [-0.2, 0) is 0 Å². The third-order valence-corrected chi connectivity index (χ3v) is 3.37. The monoisotopic (exact) mass is 301 g/mol. The molecule has 0 radical (unpaired) electrons. The fourth-order valence-corrected chi connectivity index (χ4v) is 2.12. The summed E-state index contributed by atoms with van der Waals surface area (Å²) in [5.74, 6) is 0.0659. The molecular weight excluding hydrogens is 290 g/mol. The van der Waals surface area contributed by atoms with Crippen molar-refractivity contribution < 1.29 is 4.79 Å². The van der Waals surface area contributed by atoms with Gasteiger partial charge in [-0.3, -0.25) is 20.7 Å². The summed E-state index contributed by atoms with van der Waals surface area (Å²) >= 11 is 6.00. The van der Waals surface area contributed by atoms with Crippen LogP contribution in [0, 0.1) is 0 Å². The molecule has 106 valence electrons. The van der Waals surface area contributed by atoms with E-state index in [9.17, 15) is 4.79 Å². The number of aromatic nitrogens is 2. The van der Waals surface area contributed by atoms with Crippen LogP contribution in [0.1, 0.15) is 10.4 Å². The molecule has 0 aliphatic carbocycles. The lowest BCUT2D eigenvalue weighted by Gasteiger charge is -2.09. The molecule has 1 heterocycles. The minimum Gasteiger partial charge on any atom is -0.382 e. The van der Waals surface area contributed by atoms with Gasteiger partial charge < -0.3 is 5.73 Å². The van der Waals surface area contributed by atoms with Gasteiger partial charge in [-0.2, -0.15) is 5.10 Å². The van der Waals surface area contributed by atoms with Crippen molar-refractivity contribution in [2.75, 3.05) is 11.2 Å². The quantitative estimate of drug-likeness (QED) is 0.559. The number of anilines is 2. The minimum absolute atomic E-state index is 0.294. The summed E-state index contributed by atoms with van der Waals surface area (Å²) in [6.07, 6.45) is 0. The third kappa shape index (κ3) is 2.61. The van der Waals surface area contributed by atoms with E-state index >= 15 is 0 Å². The van der Waals surface area contributed by atoms with Crippen LogP contribution in [0.2, 0.25) is 5.02 Å². The number of hydrogen-bond acceptors (Lipinski definition) is 4. The predicted molar refractivity (Wildman–Crippen MR) is 83.0 cm³/mol. The van der Waals surface area contributed by atoms with E-state index in [1.807, 2.05) is 12.1 Å². The van der Waals surface area contributed by atoms with Gasteiger partial charge in [-0.15, -0.1) is 0 Å². The number of fused-ring (bicyclic) bond motifs is 1. The van der Waals surface area contributed by atoms with Crippen LogP contribution in [-0.4, -0.2) is 16.1 Å². The van der Waals surface area contributed by atoms with Crippen molar-refractivity contribution in [3.8, 4) is 0 Å². The smallest absolute Gasteiger partial charge is 0.269 e. The molecule has 3 rings (SSSR count). The number of nitrogens with one attached hydrogen (secondary N) is 3. The van der Waals surface area contributed by atoms with E-state index in [-0.39, 0.29) is 5.91 Å². The van der Waals surface area contributed by atoms with Crippen LogP contribution in [0.3, 0.4) is 0 Å². The number of halogens is 1. The Morgan fingerprint density at radius 1 is 1.24 bits per heavy atom. The lowest BCUT2D eigenvalue weighted by atomic mass is 10.1. The maximum absolute atomic E-state index is 12.1. The van der Waals surface area contributed by atoms with E-state index in [0.717, 1.165) is 5.52 Å². The first kappa shape index (κ1) is 13.3. The van der Waals surface area contributed by atoms with Crippen molar-refractivity contribution in [3.63, 3.8) is 0 Å². The number of amides is 1. The van der Waals surface area contributed by atoms with Gasteiger partial charge >= 0.3 is 0 Å². The zero-order valence-corrected chi connectivity index (χ0v) is 11.6. The number of nitrogens with two attached hydrogens (primary N) is 1. The lowest BCUT2D eigenvalue weighted by molar-refractivity contribution is 0.0963. The van der Waals surface area contributed by atoms with Gasteiger partial charge in [0.2, 0.25) is 0 Å². The summed E-state index contributed by atoms with van der Waals surface area (Å²) in [4.78, 5) is 12.1. The van der Waals surface area contributed by atoms with Crippen LogP contribution in [0.25, 0.3) is 10.9 Å². The van der Waals surface area contributed by atoms with Gasteiger partial charge in [-0.05, 0) is 30.3 Å². The van der Waals surface area contributed by atoms with Gasteiger partial charge in [0.1, 0.15) is 0 Å². The van der Waals surface area contributed by atoms with Crippen molar-refractivity contribution in [2.45, 2.75) is 0 Å². The van der Waals surface area contributed by atoms with Crippen molar-refractivity contribution in [2.24, 2.45) is 0 Å². The molecule has 0 spiro atoms. The van der Waals surface area contributed by atoms with Gasteiger partial charge in [-0.1, -0.05) is 23.7 Å². The molecule has 0 saturated carbocycles. The molecule has 6 nitrogen and oxygen atoms in total. The summed E-state index contributed by atoms with van der Waals surface area (Å²) in [6.45, 7) is 0. The van der Waals surface area contributed by atoms with E-state index < -0.39 is 0 Å². The number of hydrogen-bond donors (Lipinski definition) is 4. The Morgan fingerprint density at radius 3 is 2.86 bits per heavy atom. The van der Waals surface area contributed by atoms with Crippen molar-refractivity contribution in [1.29, 1.82) is 0 Å².